The molecule has 0 saturated carbocycles. The lowest BCUT2D eigenvalue weighted by atomic mass is 9.99. The van der Waals surface area contributed by atoms with Crippen molar-refractivity contribution in [1.29, 1.82) is 0 Å². The van der Waals surface area contributed by atoms with Crippen LogP contribution in [0.15, 0.2) is 11.6 Å². The maximum Gasteiger partial charge on any atom is 0.418 e. The summed E-state index contributed by atoms with van der Waals surface area (Å²) in [6.07, 6.45) is 3.08. The molecule has 4 N–H and O–H groups in total. The first-order valence-corrected chi connectivity index (χ1v) is 9.79. The van der Waals surface area contributed by atoms with Crippen LogP contribution in [-0.4, -0.2) is 72.5 Å². The highest BCUT2D eigenvalue weighted by molar-refractivity contribution is 7.80. The number of rotatable bonds is 4. The lowest BCUT2D eigenvalue weighted by Crippen LogP contribution is -2.55. The summed E-state index contributed by atoms with van der Waals surface area (Å²) in [5, 5.41) is 3.60. The van der Waals surface area contributed by atoms with Gasteiger partial charge >= 0.3 is 16.4 Å². The van der Waals surface area contributed by atoms with Crippen molar-refractivity contribution in [3.8, 4) is 0 Å². The zero-order valence-electron chi connectivity index (χ0n) is 14.5. The predicted molar refractivity (Wildman–Crippen MR) is 89.8 cm³/mol. The van der Waals surface area contributed by atoms with Crippen LogP contribution in [0.2, 0.25) is 0 Å². The Morgan fingerprint density at radius 3 is 2.67 bits per heavy atom. The molecule has 13 heteroatoms. The molecule has 3 heterocycles. The summed E-state index contributed by atoms with van der Waals surface area (Å²) in [7, 11) is -4.88. The minimum atomic E-state index is -4.88. The van der Waals surface area contributed by atoms with Gasteiger partial charge in [-0.1, -0.05) is 6.08 Å². The van der Waals surface area contributed by atoms with Gasteiger partial charge in [-0.05, 0) is 31.9 Å². The molecule has 2 bridgehead atoms. The van der Waals surface area contributed by atoms with Crippen molar-refractivity contribution in [2.24, 2.45) is 5.92 Å². The van der Waals surface area contributed by atoms with Crippen LogP contribution < -0.4 is 16.2 Å². The Bertz CT molecular complexity index is 777. The quantitative estimate of drug-likeness (QED) is 0.246. The summed E-state index contributed by atoms with van der Waals surface area (Å²) in [6.45, 7) is 2.98. The fourth-order valence-corrected chi connectivity index (χ4v) is 3.88. The Morgan fingerprint density at radius 1 is 1.33 bits per heavy atom. The van der Waals surface area contributed by atoms with Crippen LogP contribution in [0.5, 0.6) is 0 Å². The first kappa shape index (κ1) is 19.5. The number of nitrogens with zero attached hydrogens (tertiary/aromatic N) is 2. The van der Waals surface area contributed by atoms with Crippen molar-refractivity contribution in [2.45, 2.75) is 31.8 Å². The molecule has 0 unspecified atom stereocenters. The highest BCUT2D eigenvalue weighted by Gasteiger charge is 2.48. The van der Waals surface area contributed by atoms with Crippen LogP contribution in [0.3, 0.4) is 0 Å². The third-order valence-electron chi connectivity index (χ3n) is 4.72. The average molecular weight is 403 g/mol. The Balaban J connectivity index is 1.64. The van der Waals surface area contributed by atoms with Crippen molar-refractivity contribution in [2.75, 3.05) is 19.6 Å². The Labute approximate surface area is 155 Å². The summed E-state index contributed by atoms with van der Waals surface area (Å²) < 4.78 is 34.9. The van der Waals surface area contributed by atoms with Crippen LogP contribution in [0.25, 0.3) is 0 Å². The number of fused-ring (bicyclic) bond motifs is 2. The van der Waals surface area contributed by atoms with Crippen LogP contribution in [-0.2, 0) is 24.3 Å². The summed E-state index contributed by atoms with van der Waals surface area (Å²) >= 11 is 0. The van der Waals surface area contributed by atoms with Crippen LogP contribution in [0, 0.1) is 5.92 Å². The van der Waals surface area contributed by atoms with E-state index in [1.807, 2.05) is 0 Å². The van der Waals surface area contributed by atoms with E-state index < -0.39 is 34.4 Å². The van der Waals surface area contributed by atoms with Gasteiger partial charge in [0.2, 0.25) is 5.91 Å². The summed E-state index contributed by atoms with van der Waals surface area (Å²) in [4.78, 5) is 38.1. The number of hydrogen-bond acceptors (Lipinski definition) is 7. The fourth-order valence-electron chi connectivity index (χ4n) is 3.51. The number of nitrogens with one attached hydrogen (secondary N) is 3. The van der Waals surface area contributed by atoms with Gasteiger partial charge in [-0.3, -0.25) is 25.0 Å². The molecule has 0 aromatic rings. The van der Waals surface area contributed by atoms with Crippen LogP contribution in [0.1, 0.15) is 19.8 Å². The lowest BCUT2D eigenvalue weighted by molar-refractivity contribution is -0.133. The largest absolute Gasteiger partial charge is 0.418 e. The highest BCUT2D eigenvalue weighted by atomic mass is 32.3. The molecular formula is C14H21N5O7S. The molecule has 3 aliphatic heterocycles. The van der Waals surface area contributed by atoms with Gasteiger partial charge in [-0.2, -0.15) is 13.5 Å². The van der Waals surface area contributed by atoms with Gasteiger partial charge in [0.05, 0.1) is 18.5 Å². The monoisotopic (exact) mass is 403 g/mol. The van der Waals surface area contributed by atoms with E-state index >= 15 is 0 Å². The van der Waals surface area contributed by atoms with Crippen molar-refractivity contribution in [3.05, 3.63) is 11.6 Å². The molecule has 2 fully saturated rings. The molecule has 0 aromatic carbocycles. The summed E-state index contributed by atoms with van der Waals surface area (Å²) in [6, 6.07) is -2.67. The third kappa shape index (κ3) is 4.21. The van der Waals surface area contributed by atoms with Gasteiger partial charge in [0.1, 0.15) is 6.04 Å². The van der Waals surface area contributed by atoms with E-state index in [0.717, 1.165) is 17.9 Å². The Hall–Kier alpha value is -2.22. The Morgan fingerprint density at radius 2 is 2.04 bits per heavy atom. The first-order chi connectivity index (χ1) is 12.7. The second kappa shape index (κ2) is 7.42. The van der Waals surface area contributed by atoms with E-state index in [4.69, 9.17) is 4.55 Å². The second-order valence-corrected chi connectivity index (χ2v) is 7.67. The van der Waals surface area contributed by atoms with Gasteiger partial charge in [0, 0.05) is 6.54 Å². The van der Waals surface area contributed by atoms with Crippen molar-refractivity contribution >= 4 is 28.2 Å². The molecule has 2 saturated heterocycles. The van der Waals surface area contributed by atoms with E-state index in [9.17, 15) is 22.8 Å². The predicted octanol–water partition coefficient (Wildman–Crippen LogP) is -1.70. The number of hydrazine groups is 1. The topological polar surface area (TPSA) is 157 Å². The van der Waals surface area contributed by atoms with Crippen molar-refractivity contribution in [1.82, 2.24) is 26.1 Å². The maximum absolute atomic E-state index is 12.5. The second-order valence-electron chi connectivity index (χ2n) is 6.67. The highest BCUT2D eigenvalue weighted by Crippen LogP contribution is 2.30. The van der Waals surface area contributed by atoms with Crippen molar-refractivity contribution in [3.63, 3.8) is 0 Å². The van der Waals surface area contributed by atoms with Gasteiger partial charge in [0.25, 0.3) is 5.91 Å². The molecule has 4 amide bonds. The van der Waals surface area contributed by atoms with Crippen LogP contribution in [0.4, 0.5) is 4.79 Å². The van der Waals surface area contributed by atoms with Crippen molar-refractivity contribution < 1.29 is 31.6 Å². The molecule has 27 heavy (non-hydrogen) atoms. The molecule has 150 valence electrons. The molecule has 3 rings (SSSR count). The van der Waals surface area contributed by atoms with Gasteiger partial charge in [0.15, 0.2) is 0 Å². The molecule has 3 aliphatic rings. The van der Waals surface area contributed by atoms with E-state index in [1.165, 1.54) is 6.08 Å². The smallest absolute Gasteiger partial charge is 0.316 e. The number of piperidine rings is 1. The lowest BCUT2D eigenvalue weighted by Gasteiger charge is -2.29. The van der Waals surface area contributed by atoms with Gasteiger partial charge < -0.3 is 10.2 Å². The number of amides is 4. The minimum absolute atomic E-state index is 0.00424. The number of carbonyl (C=O) groups excluding carboxylic acids is 3. The van der Waals surface area contributed by atoms with Gasteiger partial charge in [-0.15, -0.1) is 4.28 Å². The minimum Gasteiger partial charge on any atom is -0.316 e. The average Bonchev–Trinajstić information content (AvgIpc) is 2.84. The van der Waals surface area contributed by atoms with E-state index in [1.54, 1.807) is 6.92 Å². The zero-order valence-corrected chi connectivity index (χ0v) is 15.4. The Kier molecular flexibility index (Phi) is 5.37. The third-order valence-corrected chi connectivity index (χ3v) is 5.07. The molecule has 0 aliphatic carbocycles. The maximum atomic E-state index is 12.5. The molecule has 0 aromatic heterocycles. The molecule has 0 spiro atoms. The van der Waals surface area contributed by atoms with E-state index in [0.29, 0.717) is 23.6 Å². The number of urea groups is 1. The first-order valence-electron chi connectivity index (χ1n) is 8.43. The summed E-state index contributed by atoms with van der Waals surface area (Å²) in [5.74, 6) is -1.21. The van der Waals surface area contributed by atoms with Gasteiger partial charge in [-0.25, -0.2) is 4.79 Å². The summed E-state index contributed by atoms with van der Waals surface area (Å²) in [5.41, 5.74) is 5.17. The number of hydrogen-bond donors (Lipinski definition) is 4. The standard InChI is InChI=1S/C14H21N5O7S/c1-8-5-10-7-18(14(22)19(10)26-27(23,24)25)11(8)13(21)17-16-12(20)9-3-2-4-15-6-9/h5,9-11,15H,2-4,6-7H2,1H3,(H,16,20)(H,17,21)(H,23,24,25)/t9-,10-,11+/m1/s1. The molecular weight excluding hydrogens is 382 g/mol. The van der Waals surface area contributed by atoms with E-state index in [-0.39, 0.29) is 18.4 Å². The molecule has 0 radical (unpaired) electrons. The normalized spacial score (nSPS) is 28.0. The number of hydroxylamine groups is 2. The van der Waals surface area contributed by atoms with Crippen LogP contribution >= 0.6 is 0 Å². The fraction of sp³-hybridized carbons (Fsp3) is 0.643. The SMILES string of the molecule is CC1=C[C@@H]2CN(C(=O)N2OS(=O)(=O)O)[C@@H]1C(=O)NNC(=O)[C@@H]1CCCNC1. The zero-order chi connectivity index (χ0) is 19.8. The number of carbonyl (C=O) groups is 3. The molecule has 3 atom stereocenters. The molecule has 12 nitrogen and oxygen atoms in total. The van der Waals surface area contributed by atoms with E-state index in [2.05, 4.69) is 20.5 Å².